The molecule has 76 valence electrons. The normalized spacial score (nSPS) is 28.1. The molecular formula is C11H16N2O. The molecule has 0 spiro atoms. The largest absolute Gasteiger partial charge is 0.398 e. The van der Waals surface area contributed by atoms with Gasteiger partial charge in [-0.05, 0) is 25.1 Å². The Morgan fingerprint density at radius 2 is 2.14 bits per heavy atom. The molecule has 2 rings (SSSR count). The predicted molar refractivity (Wildman–Crippen MR) is 56.8 cm³/mol. The molecular weight excluding hydrogens is 176 g/mol. The van der Waals surface area contributed by atoms with Crippen LogP contribution in [0, 0.1) is 0 Å². The molecule has 1 aliphatic heterocycles. The van der Waals surface area contributed by atoms with Crippen molar-refractivity contribution in [3.63, 3.8) is 0 Å². The van der Waals surface area contributed by atoms with Crippen LogP contribution in [0.4, 0.5) is 5.69 Å². The van der Waals surface area contributed by atoms with Gasteiger partial charge in [-0.15, -0.1) is 0 Å². The minimum Gasteiger partial charge on any atom is -0.398 e. The number of nitrogens with zero attached hydrogens (tertiary/aromatic N) is 1. The molecule has 2 atom stereocenters. The highest BCUT2D eigenvalue weighted by Gasteiger charge is 2.32. The van der Waals surface area contributed by atoms with Gasteiger partial charge in [0.05, 0.1) is 12.1 Å². The fraction of sp³-hybridized carbons (Fsp3) is 0.455. The number of benzene rings is 1. The van der Waals surface area contributed by atoms with Crippen molar-refractivity contribution in [3.05, 3.63) is 29.8 Å². The number of rotatable bonds is 1. The first-order valence-electron chi connectivity index (χ1n) is 4.93. The molecule has 0 aliphatic carbocycles. The number of likely N-dealkylation sites (tertiary alicyclic amines) is 1. The number of nitrogen functional groups attached to an aromatic ring is 1. The zero-order valence-corrected chi connectivity index (χ0v) is 8.35. The molecule has 0 saturated carbocycles. The molecule has 1 fully saturated rings. The lowest BCUT2D eigenvalue weighted by molar-refractivity contribution is 0.128. The van der Waals surface area contributed by atoms with Crippen molar-refractivity contribution < 1.29 is 5.11 Å². The Morgan fingerprint density at radius 3 is 2.71 bits per heavy atom. The van der Waals surface area contributed by atoms with Crippen LogP contribution in [-0.4, -0.2) is 29.7 Å². The van der Waals surface area contributed by atoms with Crippen LogP contribution in [0.5, 0.6) is 0 Å². The SMILES string of the molecule is CN1CCC(O)C1c1ccccc1N. The molecule has 3 N–H and O–H groups in total. The number of aliphatic hydroxyl groups is 1. The molecule has 1 heterocycles. The van der Waals surface area contributed by atoms with E-state index >= 15 is 0 Å². The average Bonchev–Trinajstić information content (AvgIpc) is 2.48. The van der Waals surface area contributed by atoms with Gasteiger partial charge < -0.3 is 10.8 Å². The maximum atomic E-state index is 9.84. The van der Waals surface area contributed by atoms with Crippen molar-refractivity contribution in [2.75, 3.05) is 19.3 Å². The van der Waals surface area contributed by atoms with E-state index in [2.05, 4.69) is 4.90 Å². The van der Waals surface area contributed by atoms with Crippen molar-refractivity contribution in [2.24, 2.45) is 0 Å². The van der Waals surface area contributed by atoms with Crippen LogP contribution in [0.15, 0.2) is 24.3 Å². The molecule has 1 saturated heterocycles. The van der Waals surface area contributed by atoms with Gasteiger partial charge >= 0.3 is 0 Å². The van der Waals surface area contributed by atoms with E-state index in [9.17, 15) is 5.11 Å². The first-order chi connectivity index (χ1) is 6.70. The number of anilines is 1. The van der Waals surface area contributed by atoms with Crippen LogP contribution in [-0.2, 0) is 0 Å². The van der Waals surface area contributed by atoms with E-state index in [1.165, 1.54) is 0 Å². The summed E-state index contributed by atoms with van der Waals surface area (Å²) in [5, 5.41) is 9.84. The van der Waals surface area contributed by atoms with Crippen molar-refractivity contribution in [1.82, 2.24) is 4.90 Å². The van der Waals surface area contributed by atoms with Gasteiger partial charge in [-0.2, -0.15) is 0 Å². The molecule has 3 nitrogen and oxygen atoms in total. The molecule has 3 heteroatoms. The lowest BCUT2D eigenvalue weighted by Gasteiger charge is -2.23. The van der Waals surface area contributed by atoms with Gasteiger partial charge in [-0.25, -0.2) is 0 Å². The average molecular weight is 192 g/mol. The van der Waals surface area contributed by atoms with Gasteiger partial charge in [0.25, 0.3) is 0 Å². The highest BCUT2D eigenvalue weighted by molar-refractivity contribution is 5.48. The maximum Gasteiger partial charge on any atom is 0.0749 e. The first-order valence-corrected chi connectivity index (χ1v) is 4.93. The quantitative estimate of drug-likeness (QED) is 0.653. The summed E-state index contributed by atoms with van der Waals surface area (Å²) in [6.45, 7) is 0.931. The molecule has 1 aromatic carbocycles. The summed E-state index contributed by atoms with van der Waals surface area (Å²) >= 11 is 0. The summed E-state index contributed by atoms with van der Waals surface area (Å²) in [5.74, 6) is 0. The topological polar surface area (TPSA) is 49.5 Å². The number of nitrogens with two attached hydrogens (primary N) is 1. The van der Waals surface area contributed by atoms with Crippen molar-refractivity contribution in [2.45, 2.75) is 18.6 Å². The van der Waals surface area contributed by atoms with Gasteiger partial charge in [0, 0.05) is 12.2 Å². The highest BCUT2D eigenvalue weighted by atomic mass is 16.3. The van der Waals surface area contributed by atoms with Gasteiger partial charge in [0.1, 0.15) is 0 Å². The lowest BCUT2D eigenvalue weighted by Crippen LogP contribution is -2.24. The van der Waals surface area contributed by atoms with E-state index in [-0.39, 0.29) is 12.1 Å². The van der Waals surface area contributed by atoms with E-state index in [0.29, 0.717) is 0 Å². The number of para-hydroxylation sites is 1. The molecule has 2 unspecified atom stereocenters. The summed E-state index contributed by atoms with van der Waals surface area (Å²) < 4.78 is 0. The standard InChI is InChI=1S/C11H16N2O/c1-13-7-6-10(14)11(13)8-4-2-3-5-9(8)12/h2-5,10-11,14H,6-7,12H2,1H3. The monoisotopic (exact) mass is 192 g/mol. The maximum absolute atomic E-state index is 9.84. The van der Waals surface area contributed by atoms with E-state index in [1.54, 1.807) is 0 Å². The van der Waals surface area contributed by atoms with Gasteiger partial charge in [-0.3, -0.25) is 4.90 Å². The predicted octanol–water partition coefficient (Wildman–Crippen LogP) is 1.01. The van der Waals surface area contributed by atoms with Crippen LogP contribution < -0.4 is 5.73 Å². The highest BCUT2D eigenvalue weighted by Crippen LogP contribution is 2.33. The third-order valence-corrected chi connectivity index (χ3v) is 2.93. The Balaban J connectivity index is 2.34. The van der Waals surface area contributed by atoms with Crippen LogP contribution in [0.25, 0.3) is 0 Å². The lowest BCUT2D eigenvalue weighted by atomic mass is 10.0. The van der Waals surface area contributed by atoms with Crippen LogP contribution in [0.3, 0.4) is 0 Å². The second-order valence-corrected chi connectivity index (χ2v) is 3.91. The van der Waals surface area contributed by atoms with Gasteiger partial charge in [0.15, 0.2) is 0 Å². The summed E-state index contributed by atoms with van der Waals surface area (Å²) in [6, 6.07) is 7.82. The van der Waals surface area contributed by atoms with Gasteiger partial charge in [-0.1, -0.05) is 18.2 Å². The number of hydrogen-bond acceptors (Lipinski definition) is 3. The van der Waals surface area contributed by atoms with E-state index in [0.717, 1.165) is 24.2 Å². The van der Waals surface area contributed by atoms with Crippen molar-refractivity contribution >= 4 is 5.69 Å². The second-order valence-electron chi connectivity index (χ2n) is 3.91. The molecule has 1 aromatic rings. The van der Waals surface area contributed by atoms with Crippen LogP contribution in [0.2, 0.25) is 0 Å². The van der Waals surface area contributed by atoms with Crippen LogP contribution >= 0.6 is 0 Å². The molecule has 1 aliphatic rings. The zero-order valence-electron chi connectivity index (χ0n) is 8.35. The van der Waals surface area contributed by atoms with E-state index < -0.39 is 0 Å². The minimum atomic E-state index is -0.287. The molecule has 0 amide bonds. The Bertz CT molecular complexity index is 317. The molecule has 14 heavy (non-hydrogen) atoms. The van der Waals surface area contributed by atoms with Gasteiger partial charge in [0.2, 0.25) is 0 Å². The van der Waals surface area contributed by atoms with Crippen molar-refractivity contribution in [1.29, 1.82) is 0 Å². The Morgan fingerprint density at radius 1 is 1.43 bits per heavy atom. The minimum absolute atomic E-state index is 0.0659. The Kier molecular flexibility index (Phi) is 2.44. The zero-order chi connectivity index (χ0) is 10.1. The van der Waals surface area contributed by atoms with E-state index in [1.807, 2.05) is 31.3 Å². The van der Waals surface area contributed by atoms with Crippen molar-refractivity contribution in [3.8, 4) is 0 Å². The summed E-state index contributed by atoms with van der Waals surface area (Å²) in [4.78, 5) is 2.15. The Hall–Kier alpha value is -1.06. The summed E-state index contributed by atoms with van der Waals surface area (Å²) in [5.41, 5.74) is 7.70. The fourth-order valence-electron chi connectivity index (χ4n) is 2.15. The number of likely N-dealkylation sites (N-methyl/N-ethyl adjacent to an activating group) is 1. The molecule has 0 radical (unpaired) electrons. The summed E-state index contributed by atoms with van der Waals surface area (Å²) in [6.07, 6.45) is 0.542. The molecule has 0 aromatic heterocycles. The van der Waals surface area contributed by atoms with E-state index in [4.69, 9.17) is 5.73 Å². The first kappa shape index (κ1) is 9.49. The summed E-state index contributed by atoms with van der Waals surface area (Å²) in [7, 11) is 2.02. The number of aliphatic hydroxyl groups excluding tert-OH is 1. The fourth-order valence-corrected chi connectivity index (χ4v) is 2.15. The van der Waals surface area contributed by atoms with Crippen LogP contribution in [0.1, 0.15) is 18.0 Å². The number of hydrogen-bond donors (Lipinski definition) is 2. The Labute approximate surface area is 84.1 Å². The molecule has 0 bridgehead atoms. The smallest absolute Gasteiger partial charge is 0.0749 e. The third kappa shape index (κ3) is 1.49. The second kappa shape index (κ2) is 3.59. The third-order valence-electron chi connectivity index (χ3n) is 2.93.